The van der Waals surface area contributed by atoms with E-state index in [1.807, 2.05) is 14.1 Å². The van der Waals surface area contributed by atoms with E-state index >= 15 is 0 Å². The Labute approximate surface area is 139 Å². The minimum atomic E-state index is -4.41. The van der Waals surface area contributed by atoms with E-state index in [0.29, 0.717) is 24.7 Å². The van der Waals surface area contributed by atoms with Gasteiger partial charge in [-0.2, -0.15) is 13.2 Å². The predicted octanol–water partition coefficient (Wildman–Crippen LogP) is 2.58. The first-order chi connectivity index (χ1) is 11.3. The van der Waals surface area contributed by atoms with Gasteiger partial charge in [0, 0.05) is 31.4 Å². The SMILES string of the molecule is CN(C)[C@H]1CCCN(C(=O)c2ccc(OCC(F)(F)F)nc2)CC1. The summed E-state index contributed by atoms with van der Waals surface area (Å²) >= 11 is 0. The van der Waals surface area contributed by atoms with Crippen LogP contribution in [0.15, 0.2) is 18.3 Å². The molecule has 24 heavy (non-hydrogen) atoms. The van der Waals surface area contributed by atoms with Crippen LogP contribution in [-0.2, 0) is 0 Å². The topological polar surface area (TPSA) is 45.7 Å². The summed E-state index contributed by atoms with van der Waals surface area (Å²) in [6.45, 7) is -0.0607. The summed E-state index contributed by atoms with van der Waals surface area (Å²) in [7, 11) is 4.07. The summed E-state index contributed by atoms with van der Waals surface area (Å²) < 4.78 is 40.8. The lowest BCUT2D eigenvalue weighted by molar-refractivity contribution is -0.154. The average Bonchev–Trinajstić information content (AvgIpc) is 2.78. The van der Waals surface area contributed by atoms with Crippen LogP contribution in [0.25, 0.3) is 0 Å². The third-order valence-corrected chi connectivity index (χ3v) is 4.08. The monoisotopic (exact) mass is 345 g/mol. The number of hydrogen-bond acceptors (Lipinski definition) is 4. The van der Waals surface area contributed by atoms with Gasteiger partial charge in [-0.3, -0.25) is 4.79 Å². The quantitative estimate of drug-likeness (QED) is 0.841. The van der Waals surface area contributed by atoms with E-state index in [0.717, 1.165) is 19.3 Å². The second-order valence-corrected chi connectivity index (χ2v) is 6.13. The number of carbonyl (C=O) groups is 1. The van der Waals surface area contributed by atoms with Crippen molar-refractivity contribution in [2.45, 2.75) is 31.5 Å². The van der Waals surface area contributed by atoms with Crippen molar-refractivity contribution in [3.05, 3.63) is 23.9 Å². The number of hydrogen-bond donors (Lipinski definition) is 0. The number of ether oxygens (including phenoxy) is 1. The van der Waals surface area contributed by atoms with E-state index in [2.05, 4.69) is 14.6 Å². The average molecular weight is 345 g/mol. The number of pyridine rings is 1. The lowest BCUT2D eigenvalue weighted by Gasteiger charge is -2.23. The molecule has 1 amide bonds. The molecular weight excluding hydrogens is 323 g/mol. The summed E-state index contributed by atoms with van der Waals surface area (Å²) in [5.74, 6) is -0.295. The lowest BCUT2D eigenvalue weighted by atomic mass is 10.1. The second kappa shape index (κ2) is 7.83. The van der Waals surface area contributed by atoms with Gasteiger partial charge in [-0.25, -0.2) is 4.98 Å². The van der Waals surface area contributed by atoms with Crippen LogP contribution < -0.4 is 4.74 Å². The largest absolute Gasteiger partial charge is 0.468 e. The molecule has 1 aliphatic rings. The standard InChI is InChI=1S/C16H22F3N3O2/c1-21(2)13-4-3-8-22(9-7-13)15(23)12-5-6-14(20-10-12)24-11-16(17,18)19/h5-6,10,13H,3-4,7-9,11H2,1-2H3/t13-/m0/s1. The summed E-state index contributed by atoms with van der Waals surface area (Å²) in [6, 6.07) is 3.20. The van der Waals surface area contributed by atoms with Crippen LogP contribution in [0.5, 0.6) is 5.88 Å². The first-order valence-corrected chi connectivity index (χ1v) is 7.87. The number of nitrogens with zero attached hydrogens (tertiary/aromatic N) is 3. The highest BCUT2D eigenvalue weighted by atomic mass is 19.4. The van der Waals surface area contributed by atoms with Gasteiger partial charge in [-0.15, -0.1) is 0 Å². The summed E-state index contributed by atoms with van der Waals surface area (Å²) in [6.07, 6.45) is -0.277. The third kappa shape index (κ3) is 5.36. The van der Waals surface area contributed by atoms with Gasteiger partial charge in [0.25, 0.3) is 5.91 Å². The highest BCUT2D eigenvalue weighted by Crippen LogP contribution is 2.19. The smallest absolute Gasteiger partial charge is 0.422 e. The number of likely N-dealkylation sites (tertiary alicyclic amines) is 1. The first-order valence-electron chi connectivity index (χ1n) is 7.87. The number of carbonyl (C=O) groups excluding carboxylic acids is 1. The van der Waals surface area contributed by atoms with E-state index in [-0.39, 0.29) is 11.8 Å². The van der Waals surface area contributed by atoms with Gasteiger partial charge in [-0.1, -0.05) is 0 Å². The summed E-state index contributed by atoms with van der Waals surface area (Å²) in [5.41, 5.74) is 0.359. The van der Waals surface area contributed by atoms with Crippen LogP contribution in [0.4, 0.5) is 13.2 Å². The molecule has 1 aliphatic heterocycles. The minimum Gasteiger partial charge on any atom is -0.468 e. The summed E-state index contributed by atoms with van der Waals surface area (Å²) in [5, 5.41) is 0. The van der Waals surface area contributed by atoms with Crippen LogP contribution in [0.2, 0.25) is 0 Å². The Morgan fingerprint density at radius 1 is 1.33 bits per heavy atom. The fourth-order valence-electron chi connectivity index (χ4n) is 2.73. The molecule has 2 rings (SSSR count). The zero-order valence-corrected chi connectivity index (χ0v) is 13.8. The molecule has 0 aliphatic carbocycles. The Hall–Kier alpha value is -1.83. The Balaban J connectivity index is 1.94. The van der Waals surface area contributed by atoms with E-state index in [9.17, 15) is 18.0 Å². The van der Waals surface area contributed by atoms with Crippen molar-refractivity contribution in [1.82, 2.24) is 14.8 Å². The zero-order valence-electron chi connectivity index (χ0n) is 13.8. The molecule has 1 aromatic heterocycles. The van der Waals surface area contributed by atoms with Crippen LogP contribution in [0.1, 0.15) is 29.6 Å². The highest BCUT2D eigenvalue weighted by molar-refractivity contribution is 5.94. The van der Waals surface area contributed by atoms with Gasteiger partial charge in [0.15, 0.2) is 6.61 Å². The van der Waals surface area contributed by atoms with Crippen molar-refractivity contribution in [2.75, 3.05) is 33.8 Å². The molecule has 0 unspecified atom stereocenters. The van der Waals surface area contributed by atoms with Crippen molar-refractivity contribution in [2.24, 2.45) is 0 Å². The molecule has 0 N–H and O–H groups in total. The van der Waals surface area contributed by atoms with E-state index in [1.165, 1.54) is 18.3 Å². The minimum absolute atomic E-state index is 0.146. The molecule has 0 radical (unpaired) electrons. The number of halogens is 3. The highest BCUT2D eigenvalue weighted by Gasteiger charge is 2.28. The van der Waals surface area contributed by atoms with Crippen LogP contribution in [0.3, 0.4) is 0 Å². The molecule has 5 nitrogen and oxygen atoms in total. The number of aromatic nitrogens is 1. The van der Waals surface area contributed by atoms with Gasteiger partial charge in [0.05, 0.1) is 5.56 Å². The third-order valence-electron chi connectivity index (χ3n) is 4.08. The van der Waals surface area contributed by atoms with Crippen molar-refractivity contribution in [1.29, 1.82) is 0 Å². The van der Waals surface area contributed by atoms with Gasteiger partial charge in [0.1, 0.15) is 0 Å². The molecule has 2 heterocycles. The first kappa shape index (κ1) is 18.5. The van der Waals surface area contributed by atoms with Gasteiger partial charge in [0.2, 0.25) is 5.88 Å². The maximum absolute atomic E-state index is 12.5. The van der Waals surface area contributed by atoms with Gasteiger partial charge >= 0.3 is 6.18 Å². The van der Waals surface area contributed by atoms with Crippen LogP contribution >= 0.6 is 0 Å². The fraction of sp³-hybridized carbons (Fsp3) is 0.625. The molecule has 1 fully saturated rings. The fourth-order valence-corrected chi connectivity index (χ4v) is 2.73. The van der Waals surface area contributed by atoms with Crippen LogP contribution in [-0.4, -0.2) is 66.7 Å². The maximum atomic E-state index is 12.5. The molecule has 1 aromatic rings. The van der Waals surface area contributed by atoms with Crippen LogP contribution in [0, 0.1) is 0 Å². The normalized spacial score (nSPS) is 19.2. The Bertz CT molecular complexity index is 546. The maximum Gasteiger partial charge on any atom is 0.422 e. The molecule has 0 spiro atoms. The number of rotatable bonds is 4. The zero-order chi connectivity index (χ0) is 17.7. The van der Waals surface area contributed by atoms with Crippen molar-refractivity contribution in [3.8, 4) is 5.88 Å². The predicted molar refractivity (Wildman–Crippen MR) is 83.0 cm³/mol. The molecule has 0 aromatic carbocycles. The Morgan fingerprint density at radius 3 is 2.67 bits per heavy atom. The molecule has 0 saturated carbocycles. The Kier molecular flexibility index (Phi) is 6.04. The molecular formula is C16H22F3N3O2. The Morgan fingerprint density at radius 2 is 2.08 bits per heavy atom. The molecule has 0 bridgehead atoms. The second-order valence-electron chi connectivity index (χ2n) is 6.13. The molecule has 1 saturated heterocycles. The molecule has 8 heteroatoms. The molecule has 134 valence electrons. The number of amides is 1. The van der Waals surface area contributed by atoms with E-state index < -0.39 is 12.8 Å². The van der Waals surface area contributed by atoms with E-state index in [1.54, 1.807) is 4.90 Å². The lowest BCUT2D eigenvalue weighted by Crippen LogP contribution is -2.33. The van der Waals surface area contributed by atoms with Gasteiger partial charge < -0.3 is 14.5 Å². The van der Waals surface area contributed by atoms with E-state index in [4.69, 9.17) is 0 Å². The van der Waals surface area contributed by atoms with Crippen molar-refractivity contribution < 1.29 is 22.7 Å². The van der Waals surface area contributed by atoms with Crippen molar-refractivity contribution >= 4 is 5.91 Å². The molecule has 1 atom stereocenters. The van der Waals surface area contributed by atoms with Gasteiger partial charge in [-0.05, 0) is 39.4 Å². The number of alkyl halides is 3. The van der Waals surface area contributed by atoms with Crippen molar-refractivity contribution in [3.63, 3.8) is 0 Å². The summed E-state index contributed by atoms with van der Waals surface area (Å²) in [4.78, 5) is 20.2.